The molecule has 0 saturated heterocycles. The molecule has 0 amide bonds. The van der Waals surface area contributed by atoms with Crippen LogP contribution in [-0.2, 0) is 4.74 Å². The lowest BCUT2D eigenvalue weighted by Gasteiger charge is -2.09. The highest BCUT2D eigenvalue weighted by molar-refractivity contribution is 5.96. The topological polar surface area (TPSA) is 75.8 Å². The van der Waals surface area contributed by atoms with E-state index >= 15 is 0 Å². The Kier molecular flexibility index (Phi) is 5.37. The SMILES string of the molecule is COCOc1ccc2oc(-c3cc(C)cc4nc(OC(F)F)cnc34)cc2c1OC. The second-order valence-corrected chi connectivity index (χ2v) is 6.44. The lowest BCUT2D eigenvalue weighted by molar-refractivity contribution is -0.0528. The molecule has 2 heterocycles. The van der Waals surface area contributed by atoms with Gasteiger partial charge < -0.3 is 23.4 Å². The number of alkyl halides is 2. The fraction of sp³-hybridized carbons (Fsp3) is 0.238. The average molecular weight is 416 g/mol. The van der Waals surface area contributed by atoms with Crippen molar-refractivity contribution in [2.24, 2.45) is 0 Å². The van der Waals surface area contributed by atoms with Gasteiger partial charge in [0.15, 0.2) is 18.3 Å². The normalized spacial score (nSPS) is 11.4. The van der Waals surface area contributed by atoms with Crippen molar-refractivity contribution >= 4 is 22.0 Å². The molecular formula is C21H18F2N2O5. The fourth-order valence-corrected chi connectivity index (χ4v) is 3.23. The smallest absolute Gasteiger partial charge is 0.388 e. The van der Waals surface area contributed by atoms with Crippen molar-refractivity contribution in [2.75, 3.05) is 21.0 Å². The van der Waals surface area contributed by atoms with Crippen LogP contribution in [0.5, 0.6) is 17.4 Å². The third-order valence-electron chi connectivity index (χ3n) is 4.40. The molecular weight excluding hydrogens is 398 g/mol. The molecule has 0 unspecified atom stereocenters. The molecule has 2 aromatic heterocycles. The number of aromatic nitrogens is 2. The number of methoxy groups -OCH3 is 2. The van der Waals surface area contributed by atoms with Crippen LogP contribution in [-0.4, -0.2) is 37.6 Å². The molecule has 0 aliphatic heterocycles. The number of hydrogen-bond donors (Lipinski definition) is 0. The molecule has 0 atom stereocenters. The number of hydrogen-bond acceptors (Lipinski definition) is 7. The van der Waals surface area contributed by atoms with E-state index in [2.05, 4.69) is 14.7 Å². The first kappa shape index (κ1) is 19.8. The zero-order chi connectivity index (χ0) is 21.3. The summed E-state index contributed by atoms with van der Waals surface area (Å²) < 4.78 is 51.4. The van der Waals surface area contributed by atoms with E-state index in [0.29, 0.717) is 44.8 Å². The summed E-state index contributed by atoms with van der Waals surface area (Å²) in [6, 6.07) is 8.94. The minimum Gasteiger partial charge on any atom is -0.492 e. The Morgan fingerprint density at radius 1 is 1.13 bits per heavy atom. The van der Waals surface area contributed by atoms with Crippen LogP contribution in [0.4, 0.5) is 8.78 Å². The number of rotatable bonds is 7. The largest absolute Gasteiger partial charge is 0.492 e. The summed E-state index contributed by atoms with van der Waals surface area (Å²) in [5.41, 5.74) is 3.03. The van der Waals surface area contributed by atoms with Gasteiger partial charge in [0.2, 0.25) is 5.88 Å². The van der Waals surface area contributed by atoms with E-state index in [4.69, 9.17) is 18.6 Å². The van der Waals surface area contributed by atoms with Gasteiger partial charge >= 0.3 is 6.61 Å². The highest BCUT2D eigenvalue weighted by atomic mass is 19.3. The van der Waals surface area contributed by atoms with Gasteiger partial charge in [-0.3, -0.25) is 0 Å². The van der Waals surface area contributed by atoms with Gasteiger partial charge in [0.05, 0.1) is 29.7 Å². The number of halogens is 2. The Labute approximate surface area is 170 Å². The Morgan fingerprint density at radius 2 is 1.97 bits per heavy atom. The first-order valence-corrected chi connectivity index (χ1v) is 8.95. The molecule has 0 saturated carbocycles. The first-order chi connectivity index (χ1) is 14.5. The summed E-state index contributed by atoms with van der Waals surface area (Å²) in [7, 11) is 3.07. The standard InChI is InChI=1S/C21H18F2N2O5/c1-11-6-12(19-14(7-11)25-18(9-24-19)30-21(22)23)17-8-13-15(29-17)4-5-16(20(13)27-3)28-10-26-2/h4-9,21H,10H2,1-3H3. The third kappa shape index (κ3) is 3.71. The van der Waals surface area contributed by atoms with Crippen LogP contribution in [0, 0.1) is 6.92 Å². The van der Waals surface area contributed by atoms with Crippen molar-refractivity contribution in [1.82, 2.24) is 9.97 Å². The van der Waals surface area contributed by atoms with Gasteiger partial charge in [0, 0.05) is 12.7 Å². The van der Waals surface area contributed by atoms with E-state index in [-0.39, 0.29) is 12.7 Å². The van der Waals surface area contributed by atoms with E-state index in [1.807, 2.05) is 19.1 Å². The number of ether oxygens (including phenoxy) is 4. The molecule has 0 radical (unpaired) electrons. The van der Waals surface area contributed by atoms with Crippen molar-refractivity contribution in [2.45, 2.75) is 13.5 Å². The highest BCUT2D eigenvalue weighted by Gasteiger charge is 2.18. The summed E-state index contributed by atoms with van der Waals surface area (Å²) in [6.07, 6.45) is 1.16. The van der Waals surface area contributed by atoms with Crippen LogP contribution >= 0.6 is 0 Å². The molecule has 7 nitrogen and oxygen atoms in total. The van der Waals surface area contributed by atoms with Crippen molar-refractivity contribution in [3.05, 3.63) is 42.1 Å². The molecule has 156 valence electrons. The lowest BCUT2D eigenvalue weighted by atomic mass is 10.1. The molecule has 0 spiro atoms. The maximum Gasteiger partial charge on any atom is 0.388 e. The van der Waals surface area contributed by atoms with Crippen LogP contribution in [0.2, 0.25) is 0 Å². The van der Waals surface area contributed by atoms with Gasteiger partial charge in [-0.25, -0.2) is 9.97 Å². The van der Waals surface area contributed by atoms with Crippen molar-refractivity contribution in [3.63, 3.8) is 0 Å². The molecule has 0 aliphatic carbocycles. The van der Waals surface area contributed by atoms with Crippen LogP contribution in [0.1, 0.15) is 5.56 Å². The number of nitrogens with zero attached hydrogens (tertiary/aromatic N) is 2. The van der Waals surface area contributed by atoms with Crippen molar-refractivity contribution < 1.29 is 32.1 Å². The number of fused-ring (bicyclic) bond motifs is 2. The number of furan rings is 1. The summed E-state index contributed by atoms with van der Waals surface area (Å²) in [4.78, 5) is 8.40. The van der Waals surface area contributed by atoms with Gasteiger partial charge in [-0.15, -0.1) is 0 Å². The minimum absolute atomic E-state index is 0.0771. The maximum absolute atomic E-state index is 12.5. The molecule has 0 bridgehead atoms. The Balaban J connectivity index is 1.85. The Morgan fingerprint density at radius 3 is 2.70 bits per heavy atom. The summed E-state index contributed by atoms with van der Waals surface area (Å²) >= 11 is 0. The second kappa shape index (κ2) is 8.11. The van der Waals surface area contributed by atoms with Crippen molar-refractivity contribution in [1.29, 1.82) is 0 Å². The minimum atomic E-state index is -2.97. The van der Waals surface area contributed by atoms with Gasteiger partial charge in [0.1, 0.15) is 11.3 Å². The van der Waals surface area contributed by atoms with Crippen LogP contribution in [0.3, 0.4) is 0 Å². The lowest BCUT2D eigenvalue weighted by Crippen LogP contribution is -2.04. The molecule has 0 fully saturated rings. The quantitative estimate of drug-likeness (QED) is 0.395. The van der Waals surface area contributed by atoms with Gasteiger partial charge in [-0.2, -0.15) is 8.78 Å². The maximum atomic E-state index is 12.5. The number of benzene rings is 2. The fourth-order valence-electron chi connectivity index (χ4n) is 3.23. The molecule has 9 heteroatoms. The second-order valence-electron chi connectivity index (χ2n) is 6.44. The first-order valence-electron chi connectivity index (χ1n) is 8.95. The van der Waals surface area contributed by atoms with Gasteiger partial charge in [0.25, 0.3) is 0 Å². The number of aryl methyl sites for hydroxylation is 1. The monoisotopic (exact) mass is 416 g/mol. The predicted octanol–water partition coefficient (Wildman–Crippen LogP) is 4.94. The summed E-state index contributed by atoms with van der Waals surface area (Å²) in [5.74, 6) is 1.30. The Hall–Kier alpha value is -3.46. The third-order valence-corrected chi connectivity index (χ3v) is 4.40. The molecule has 4 aromatic rings. The van der Waals surface area contributed by atoms with E-state index in [0.717, 1.165) is 11.8 Å². The van der Waals surface area contributed by atoms with Crippen LogP contribution < -0.4 is 14.2 Å². The van der Waals surface area contributed by atoms with Crippen LogP contribution in [0.15, 0.2) is 40.9 Å². The van der Waals surface area contributed by atoms with Crippen molar-refractivity contribution in [3.8, 4) is 28.7 Å². The van der Waals surface area contributed by atoms with Crippen LogP contribution in [0.25, 0.3) is 33.3 Å². The zero-order valence-electron chi connectivity index (χ0n) is 16.4. The van der Waals surface area contributed by atoms with Gasteiger partial charge in [-0.05, 0) is 42.8 Å². The summed E-state index contributed by atoms with van der Waals surface area (Å²) in [6.45, 7) is -1.03. The van der Waals surface area contributed by atoms with Gasteiger partial charge in [-0.1, -0.05) is 0 Å². The molecule has 0 N–H and O–H groups in total. The van der Waals surface area contributed by atoms with E-state index < -0.39 is 6.61 Å². The van der Waals surface area contributed by atoms with E-state index in [9.17, 15) is 8.78 Å². The Bertz CT molecular complexity index is 1210. The highest BCUT2D eigenvalue weighted by Crippen LogP contribution is 2.41. The molecule has 0 aliphatic rings. The van der Waals surface area contributed by atoms with E-state index in [1.54, 1.807) is 25.3 Å². The summed E-state index contributed by atoms with van der Waals surface area (Å²) in [5, 5.41) is 0.710. The molecule has 30 heavy (non-hydrogen) atoms. The predicted molar refractivity (Wildman–Crippen MR) is 105 cm³/mol. The molecule has 4 rings (SSSR count). The molecule has 2 aromatic carbocycles. The zero-order valence-corrected chi connectivity index (χ0v) is 16.4. The van der Waals surface area contributed by atoms with E-state index in [1.165, 1.54) is 7.11 Å². The average Bonchev–Trinajstić information content (AvgIpc) is 3.14.